The summed E-state index contributed by atoms with van der Waals surface area (Å²) in [6.45, 7) is 1.99. The number of hydrogen-bond donors (Lipinski definition) is 3. The van der Waals surface area contributed by atoms with Crippen LogP contribution in [0.3, 0.4) is 0 Å². The maximum atomic E-state index is 14.6. The highest BCUT2D eigenvalue weighted by atomic mass is 19.1. The smallest absolute Gasteiger partial charge is 0.283 e. The van der Waals surface area contributed by atoms with Crippen molar-refractivity contribution in [2.24, 2.45) is 0 Å². The van der Waals surface area contributed by atoms with Gasteiger partial charge in [0.15, 0.2) is 17.3 Å². The highest BCUT2D eigenvalue weighted by Crippen LogP contribution is 2.25. The molecule has 1 aliphatic carbocycles. The molecule has 166 valence electrons. The maximum Gasteiger partial charge on any atom is 0.283 e. The molecule has 3 heterocycles. The molecule has 3 aromatic heterocycles. The number of anilines is 1. The van der Waals surface area contributed by atoms with Crippen LogP contribution in [0.2, 0.25) is 0 Å². The molecule has 0 aliphatic heterocycles. The second-order valence-corrected chi connectivity index (χ2v) is 8.14. The lowest BCUT2D eigenvalue weighted by atomic mass is 9.96. The monoisotopic (exact) mass is 436 g/mol. The van der Waals surface area contributed by atoms with Crippen LogP contribution in [0.4, 0.5) is 10.2 Å². The molecule has 9 nitrogen and oxygen atoms in total. The van der Waals surface area contributed by atoms with E-state index in [0.29, 0.717) is 34.7 Å². The SMILES string of the molecule is CCC(Nc1ncnc2[nH]cnc12)c1nc2cccc(F)c2c(=O)n1NC1CCCCC1. The minimum Gasteiger partial charge on any atom is -0.358 e. The molecule has 5 rings (SSSR count). The van der Waals surface area contributed by atoms with E-state index in [2.05, 4.69) is 30.7 Å². The van der Waals surface area contributed by atoms with Crippen molar-refractivity contribution in [2.45, 2.75) is 57.5 Å². The minimum atomic E-state index is -0.569. The fourth-order valence-electron chi connectivity index (χ4n) is 4.36. The summed E-state index contributed by atoms with van der Waals surface area (Å²) >= 11 is 0. The third kappa shape index (κ3) is 3.65. The summed E-state index contributed by atoms with van der Waals surface area (Å²) < 4.78 is 16.0. The Morgan fingerprint density at radius 1 is 1.22 bits per heavy atom. The quantitative estimate of drug-likeness (QED) is 0.423. The van der Waals surface area contributed by atoms with Crippen molar-refractivity contribution in [3.05, 3.63) is 52.8 Å². The van der Waals surface area contributed by atoms with E-state index in [1.807, 2.05) is 6.92 Å². The first kappa shape index (κ1) is 20.3. The molecule has 1 saturated carbocycles. The van der Waals surface area contributed by atoms with Crippen LogP contribution in [0, 0.1) is 5.82 Å². The lowest BCUT2D eigenvalue weighted by molar-refractivity contribution is 0.429. The summed E-state index contributed by atoms with van der Waals surface area (Å²) in [6, 6.07) is 4.30. The van der Waals surface area contributed by atoms with Crippen LogP contribution < -0.4 is 16.3 Å². The highest BCUT2D eigenvalue weighted by molar-refractivity contribution is 5.82. The average molecular weight is 436 g/mol. The Morgan fingerprint density at radius 3 is 2.88 bits per heavy atom. The van der Waals surface area contributed by atoms with E-state index in [0.717, 1.165) is 25.7 Å². The highest BCUT2D eigenvalue weighted by Gasteiger charge is 2.24. The predicted octanol–water partition coefficient (Wildman–Crippen LogP) is 3.64. The van der Waals surface area contributed by atoms with Gasteiger partial charge in [-0.1, -0.05) is 32.3 Å². The normalized spacial score (nSPS) is 15.8. The number of nitrogens with zero attached hydrogens (tertiary/aromatic N) is 5. The molecular weight excluding hydrogens is 411 g/mol. The van der Waals surface area contributed by atoms with E-state index in [1.54, 1.807) is 18.5 Å². The van der Waals surface area contributed by atoms with Gasteiger partial charge in [0.25, 0.3) is 5.56 Å². The number of aromatic nitrogens is 6. The lowest BCUT2D eigenvalue weighted by Crippen LogP contribution is -2.41. The summed E-state index contributed by atoms with van der Waals surface area (Å²) in [7, 11) is 0. The van der Waals surface area contributed by atoms with Crippen LogP contribution in [-0.4, -0.2) is 35.6 Å². The number of imidazole rings is 1. The van der Waals surface area contributed by atoms with Gasteiger partial charge in [-0.15, -0.1) is 0 Å². The number of nitrogens with one attached hydrogen (secondary N) is 3. The molecule has 1 atom stereocenters. The maximum absolute atomic E-state index is 14.6. The van der Waals surface area contributed by atoms with Crippen LogP contribution >= 0.6 is 0 Å². The summed E-state index contributed by atoms with van der Waals surface area (Å²) in [4.78, 5) is 33.9. The Hall–Kier alpha value is -3.56. The molecular formula is C22H25FN8O. The number of hydrogen-bond acceptors (Lipinski definition) is 7. The minimum absolute atomic E-state index is 0.00820. The van der Waals surface area contributed by atoms with E-state index in [-0.39, 0.29) is 17.5 Å². The van der Waals surface area contributed by atoms with Crippen molar-refractivity contribution in [3.8, 4) is 0 Å². The van der Waals surface area contributed by atoms with Gasteiger partial charge in [0.05, 0.1) is 17.9 Å². The van der Waals surface area contributed by atoms with Gasteiger partial charge in [-0.3, -0.25) is 4.79 Å². The molecule has 1 aromatic carbocycles. The Morgan fingerprint density at radius 2 is 2.06 bits per heavy atom. The second kappa shape index (κ2) is 8.52. The first-order valence-electron chi connectivity index (χ1n) is 11.0. The van der Waals surface area contributed by atoms with Gasteiger partial charge in [-0.2, -0.15) is 0 Å². The van der Waals surface area contributed by atoms with Gasteiger partial charge in [0, 0.05) is 6.04 Å². The second-order valence-electron chi connectivity index (χ2n) is 8.14. The van der Waals surface area contributed by atoms with Crippen molar-refractivity contribution in [3.63, 3.8) is 0 Å². The third-order valence-electron chi connectivity index (χ3n) is 6.04. The Kier molecular flexibility index (Phi) is 5.42. The summed E-state index contributed by atoms with van der Waals surface area (Å²) in [5, 5.41) is 3.36. The molecule has 1 fully saturated rings. The molecule has 3 N–H and O–H groups in total. The van der Waals surface area contributed by atoms with Crippen molar-refractivity contribution in [2.75, 3.05) is 10.7 Å². The zero-order valence-electron chi connectivity index (χ0n) is 17.8. The van der Waals surface area contributed by atoms with Crippen LogP contribution in [-0.2, 0) is 0 Å². The fourth-order valence-corrected chi connectivity index (χ4v) is 4.36. The molecule has 10 heteroatoms. The fraction of sp³-hybridized carbons (Fsp3) is 0.409. The van der Waals surface area contributed by atoms with Gasteiger partial charge in [0.2, 0.25) is 0 Å². The number of benzene rings is 1. The van der Waals surface area contributed by atoms with E-state index in [4.69, 9.17) is 4.98 Å². The molecule has 32 heavy (non-hydrogen) atoms. The van der Waals surface area contributed by atoms with Crippen molar-refractivity contribution in [1.82, 2.24) is 29.6 Å². The molecule has 0 radical (unpaired) electrons. The lowest BCUT2D eigenvalue weighted by Gasteiger charge is -2.28. The summed E-state index contributed by atoms with van der Waals surface area (Å²) in [5.74, 6) is 0.463. The molecule has 1 aliphatic rings. The van der Waals surface area contributed by atoms with Crippen LogP contribution in [0.5, 0.6) is 0 Å². The number of H-pyrrole nitrogens is 1. The molecule has 1 unspecified atom stereocenters. The van der Waals surface area contributed by atoms with E-state index < -0.39 is 11.4 Å². The molecule has 0 saturated heterocycles. The van der Waals surface area contributed by atoms with Gasteiger partial charge >= 0.3 is 0 Å². The van der Waals surface area contributed by atoms with E-state index in [9.17, 15) is 9.18 Å². The van der Waals surface area contributed by atoms with Gasteiger partial charge in [-0.25, -0.2) is 29.0 Å². The molecule has 4 aromatic rings. The predicted molar refractivity (Wildman–Crippen MR) is 121 cm³/mol. The van der Waals surface area contributed by atoms with E-state index >= 15 is 0 Å². The molecule has 0 bridgehead atoms. The van der Waals surface area contributed by atoms with Crippen LogP contribution in [0.15, 0.2) is 35.6 Å². The number of aromatic amines is 1. The van der Waals surface area contributed by atoms with Crippen molar-refractivity contribution >= 4 is 27.9 Å². The summed E-state index contributed by atoms with van der Waals surface area (Å²) in [5.41, 5.74) is 4.47. The number of rotatable bonds is 6. The van der Waals surface area contributed by atoms with Gasteiger partial charge in [-0.05, 0) is 31.4 Å². The van der Waals surface area contributed by atoms with Crippen LogP contribution in [0.1, 0.15) is 57.3 Å². The van der Waals surface area contributed by atoms with Gasteiger partial charge in [0.1, 0.15) is 23.0 Å². The largest absolute Gasteiger partial charge is 0.358 e. The number of halogens is 1. The third-order valence-corrected chi connectivity index (χ3v) is 6.04. The Labute approximate surface area is 183 Å². The first-order chi connectivity index (χ1) is 15.7. The first-order valence-corrected chi connectivity index (χ1v) is 11.0. The molecule has 0 amide bonds. The van der Waals surface area contributed by atoms with Crippen molar-refractivity contribution < 1.29 is 4.39 Å². The zero-order valence-corrected chi connectivity index (χ0v) is 17.8. The Balaban J connectivity index is 1.62. The topological polar surface area (TPSA) is 113 Å². The zero-order chi connectivity index (χ0) is 22.1. The Bertz CT molecular complexity index is 1310. The standard InChI is InChI=1S/C22H25FN8O/c1-2-15(28-20-18-19(25-11-24-18)26-12-27-20)21-29-16-10-6-9-14(23)17(16)22(32)31(21)30-13-7-4-3-5-8-13/h6,9-13,15,30H,2-5,7-8H2,1H3,(H2,24,25,26,27,28). The van der Waals surface area contributed by atoms with Crippen molar-refractivity contribution in [1.29, 1.82) is 0 Å². The van der Waals surface area contributed by atoms with E-state index in [1.165, 1.54) is 23.5 Å². The summed E-state index contributed by atoms with van der Waals surface area (Å²) in [6.07, 6.45) is 8.95. The average Bonchev–Trinajstić information content (AvgIpc) is 3.30. The molecule has 0 spiro atoms. The van der Waals surface area contributed by atoms with Crippen LogP contribution in [0.25, 0.3) is 22.1 Å². The number of fused-ring (bicyclic) bond motifs is 2. The van der Waals surface area contributed by atoms with Gasteiger partial charge < -0.3 is 15.7 Å².